The van der Waals surface area contributed by atoms with Gasteiger partial charge in [0.15, 0.2) is 0 Å². The van der Waals surface area contributed by atoms with E-state index in [2.05, 4.69) is 15.4 Å². The Balaban J connectivity index is 1.80. The molecule has 27 heavy (non-hydrogen) atoms. The van der Waals surface area contributed by atoms with Crippen molar-refractivity contribution in [2.24, 2.45) is 0 Å². The summed E-state index contributed by atoms with van der Waals surface area (Å²) in [5, 5.41) is 6.20. The summed E-state index contributed by atoms with van der Waals surface area (Å²) in [5.41, 5.74) is 0.854. The van der Waals surface area contributed by atoms with Crippen LogP contribution < -0.4 is 15.4 Å². The predicted molar refractivity (Wildman–Crippen MR) is 105 cm³/mol. The monoisotopic (exact) mass is 387 g/mol. The number of rotatable bonds is 7. The molecule has 2 aromatic rings. The maximum atomic E-state index is 12.7. The van der Waals surface area contributed by atoms with Crippen LogP contribution in [-0.4, -0.2) is 33.0 Å². The Morgan fingerprint density at radius 1 is 1.07 bits per heavy atom. The highest BCUT2D eigenvalue weighted by Gasteiger charge is 2.29. The molecule has 1 fully saturated rings. The lowest BCUT2D eigenvalue weighted by Gasteiger charge is -2.27. The molecule has 1 amide bonds. The van der Waals surface area contributed by atoms with Crippen molar-refractivity contribution >= 4 is 15.9 Å². The highest BCUT2D eigenvalue weighted by atomic mass is 32.2. The average molecular weight is 388 g/mol. The van der Waals surface area contributed by atoms with Gasteiger partial charge in [-0.25, -0.2) is 13.1 Å². The number of carbonyl (C=O) groups is 1. The Hall–Kier alpha value is -2.22. The van der Waals surface area contributed by atoms with E-state index in [0.717, 1.165) is 24.9 Å². The van der Waals surface area contributed by atoms with Crippen LogP contribution in [0.5, 0.6) is 0 Å². The van der Waals surface area contributed by atoms with Crippen LogP contribution in [0.1, 0.15) is 31.4 Å². The zero-order valence-corrected chi connectivity index (χ0v) is 16.1. The van der Waals surface area contributed by atoms with Crippen molar-refractivity contribution in [1.29, 1.82) is 0 Å². The first kappa shape index (κ1) is 19.5. The first-order chi connectivity index (χ1) is 13.0. The molecule has 0 saturated carbocycles. The third-order valence-electron chi connectivity index (χ3n) is 4.73. The summed E-state index contributed by atoms with van der Waals surface area (Å²) in [5.74, 6) is -0.105. The van der Waals surface area contributed by atoms with Crippen LogP contribution in [0.3, 0.4) is 0 Å². The largest absolute Gasteiger partial charge is 0.346 e. The van der Waals surface area contributed by atoms with Gasteiger partial charge in [-0.15, -0.1) is 0 Å². The second kappa shape index (κ2) is 8.65. The first-order valence-corrected chi connectivity index (χ1v) is 10.6. The van der Waals surface area contributed by atoms with Crippen LogP contribution in [0.2, 0.25) is 0 Å². The summed E-state index contributed by atoms with van der Waals surface area (Å²) in [6.45, 7) is 2.59. The minimum Gasteiger partial charge on any atom is -0.346 e. The molecule has 1 heterocycles. The van der Waals surface area contributed by atoms with Crippen LogP contribution in [0.15, 0.2) is 65.6 Å². The molecule has 0 spiro atoms. The maximum Gasteiger partial charge on any atom is 0.240 e. The summed E-state index contributed by atoms with van der Waals surface area (Å²) in [6, 6.07) is 16.4. The molecule has 0 aromatic heterocycles. The molecule has 0 unspecified atom stereocenters. The van der Waals surface area contributed by atoms with E-state index in [0.29, 0.717) is 0 Å². The van der Waals surface area contributed by atoms with Gasteiger partial charge in [0.1, 0.15) is 0 Å². The van der Waals surface area contributed by atoms with E-state index in [9.17, 15) is 13.2 Å². The minimum absolute atomic E-state index is 0.105. The number of nitrogens with one attached hydrogen (secondary N) is 3. The van der Waals surface area contributed by atoms with Crippen LogP contribution in [-0.2, 0) is 14.8 Å². The Labute approximate surface area is 160 Å². The fourth-order valence-electron chi connectivity index (χ4n) is 3.30. The normalized spacial score (nSPS) is 19.4. The third kappa shape index (κ3) is 4.94. The highest BCUT2D eigenvalue weighted by molar-refractivity contribution is 7.89. The summed E-state index contributed by atoms with van der Waals surface area (Å²) < 4.78 is 28.1. The molecular weight excluding hydrogens is 362 g/mol. The smallest absolute Gasteiger partial charge is 0.240 e. The van der Waals surface area contributed by atoms with Crippen molar-refractivity contribution in [2.45, 2.75) is 42.8 Å². The van der Waals surface area contributed by atoms with Gasteiger partial charge in [0.25, 0.3) is 0 Å². The quantitative estimate of drug-likeness (QED) is 0.678. The fourth-order valence-corrected chi connectivity index (χ4v) is 4.58. The van der Waals surface area contributed by atoms with E-state index in [-0.39, 0.29) is 16.8 Å². The molecule has 1 aliphatic rings. The SMILES string of the molecule is C[C@@H](NS(=O)(=O)c1ccccc1)[C@@H](NC(=O)[C@@H]1CCCN1)c1ccccc1. The molecular formula is C20H25N3O3S. The van der Waals surface area contributed by atoms with Crippen molar-refractivity contribution in [2.75, 3.05) is 6.54 Å². The van der Waals surface area contributed by atoms with Gasteiger partial charge in [-0.1, -0.05) is 48.5 Å². The zero-order chi connectivity index (χ0) is 19.3. The zero-order valence-electron chi connectivity index (χ0n) is 15.3. The second-order valence-electron chi connectivity index (χ2n) is 6.77. The van der Waals surface area contributed by atoms with Crippen molar-refractivity contribution in [3.05, 3.63) is 66.2 Å². The van der Waals surface area contributed by atoms with Crippen LogP contribution in [0.25, 0.3) is 0 Å². The van der Waals surface area contributed by atoms with Gasteiger partial charge in [0.2, 0.25) is 15.9 Å². The predicted octanol–water partition coefficient (Wildman–Crippen LogP) is 1.96. The summed E-state index contributed by atoms with van der Waals surface area (Å²) in [4.78, 5) is 12.8. The fraction of sp³-hybridized carbons (Fsp3) is 0.350. The standard InChI is InChI=1S/C20H25N3O3S/c1-15(23-27(25,26)17-11-6-3-7-12-17)19(16-9-4-2-5-10-16)22-20(24)18-13-8-14-21-18/h2-7,9-12,15,18-19,21,23H,8,13-14H2,1H3,(H,22,24)/t15-,18+,19-/m1/s1. The van der Waals surface area contributed by atoms with Crippen molar-refractivity contribution < 1.29 is 13.2 Å². The van der Waals surface area contributed by atoms with E-state index >= 15 is 0 Å². The summed E-state index contributed by atoms with van der Waals surface area (Å²) >= 11 is 0. The molecule has 7 heteroatoms. The number of hydrogen-bond acceptors (Lipinski definition) is 4. The Morgan fingerprint density at radius 3 is 2.30 bits per heavy atom. The number of carbonyl (C=O) groups excluding carboxylic acids is 1. The molecule has 0 aliphatic carbocycles. The van der Waals surface area contributed by atoms with Gasteiger partial charge in [-0.05, 0) is 44.0 Å². The van der Waals surface area contributed by atoms with Gasteiger partial charge < -0.3 is 10.6 Å². The second-order valence-corrected chi connectivity index (χ2v) is 8.48. The molecule has 1 aliphatic heterocycles. The van der Waals surface area contributed by atoms with Gasteiger partial charge in [-0.2, -0.15) is 0 Å². The number of amides is 1. The van der Waals surface area contributed by atoms with Crippen molar-refractivity contribution in [1.82, 2.24) is 15.4 Å². The van der Waals surface area contributed by atoms with Gasteiger partial charge in [-0.3, -0.25) is 4.79 Å². The Kier molecular flexibility index (Phi) is 6.26. The van der Waals surface area contributed by atoms with Crippen LogP contribution >= 0.6 is 0 Å². The molecule has 2 aromatic carbocycles. The molecule has 1 saturated heterocycles. The topological polar surface area (TPSA) is 87.3 Å². The van der Waals surface area contributed by atoms with Gasteiger partial charge in [0.05, 0.1) is 17.0 Å². The minimum atomic E-state index is -3.68. The summed E-state index contributed by atoms with van der Waals surface area (Å²) in [6.07, 6.45) is 1.75. The van der Waals surface area contributed by atoms with Crippen molar-refractivity contribution in [3.8, 4) is 0 Å². The molecule has 0 bridgehead atoms. The molecule has 3 N–H and O–H groups in total. The Bertz CT molecular complexity index is 851. The number of hydrogen-bond donors (Lipinski definition) is 3. The van der Waals surface area contributed by atoms with E-state index in [1.165, 1.54) is 0 Å². The number of benzene rings is 2. The van der Waals surface area contributed by atoms with Gasteiger partial charge >= 0.3 is 0 Å². The number of sulfonamides is 1. The van der Waals surface area contributed by atoms with E-state index < -0.39 is 22.1 Å². The molecule has 3 atom stereocenters. The van der Waals surface area contributed by atoms with E-state index in [1.807, 2.05) is 30.3 Å². The lowest BCUT2D eigenvalue weighted by Crippen LogP contribution is -2.48. The van der Waals surface area contributed by atoms with Crippen molar-refractivity contribution in [3.63, 3.8) is 0 Å². The lowest BCUT2D eigenvalue weighted by atomic mass is 10.0. The van der Waals surface area contributed by atoms with Crippen LogP contribution in [0.4, 0.5) is 0 Å². The third-order valence-corrected chi connectivity index (χ3v) is 6.30. The van der Waals surface area contributed by atoms with Gasteiger partial charge in [0, 0.05) is 6.04 Å². The van der Waals surface area contributed by atoms with E-state index in [4.69, 9.17) is 0 Å². The first-order valence-electron chi connectivity index (χ1n) is 9.13. The molecule has 6 nitrogen and oxygen atoms in total. The Morgan fingerprint density at radius 2 is 1.70 bits per heavy atom. The van der Waals surface area contributed by atoms with Crippen LogP contribution in [0, 0.1) is 0 Å². The van der Waals surface area contributed by atoms with E-state index in [1.54, 1.807) is 37.3 Å². The maximum absolute atomic E-state index is 12.7. The average Bonchev–Trinajstić information content (AvgIpc) is 3.22. The molecule has 3 rings (SSSR count). The molecule has 144 valence electrons. The lowest BCUT2D eigenvalue weighted by molar-refractivity contribution is -0.123. The summed E-state index contributed by atoms with van der Waals surface area (Å²) in [7, 11) is -3.68. The highest BCUT2D eigenvalue weighted by Crippen LogP contribution is 2.20. The molecule has 0 radical (unpaired) electrons.